The molecule has 9 heteroatoms. The first-order valence-corrected chi connectivity index (χ1v) is 8.45. The maximum atomic E-state index is 10.7. The third kappa shape index (κ3) is 3.66. The zero-order valence-electron chi connectivity index (χ0n) is 10.2. The van der Waals surface area contributed by atoms with E-state index in [9.17, 15) is 8.42 Å². The minimum Gasteiger partial charge on any atom is -0.411 e. The molecule has 2 aromatic rings. The summed E-state index contributed by atoms with van der Waals surface area (Å²) in [7, 11) is -3.98. The van der Waals surface area contributed by atoms with Crippen LogP contribution in [0.2, 0.25) is 5.02 Å². The van der Waals surface area contributed by atoms with Gasteiger partial charge in [-0.05, 0) is 12.1 Å². The molecule has 0 aliphatic carbocycles. The lowest BCUT2D eigenvalue weighted by Gasteiger charge is -1.97. The van der Waals surface area contributed by atoms with Gasteiger partial charge in [-0.15, -0.1) is 0 Å². The molecule has 0 aliphatic rings. The number of rotatable bonds is 5. The Morgan fingerprint density at radius 2 is 2.20 bits per heavy atom. The van der Waals surface area contributed by atoms with Gasteiger partial charge in [0.05, 0.1) is 5.75 Å². The van der Waals surface area contributed by atoms with E-state index in [1.165, 1.54) is 17.6 Å². The van der Waals surface area contributed by atoms with Crippen molar-refractivity contribution in [3.63, 3.8) is 0 Å². The molecule has 0 bridgehead atoms. The van der Waals surface area contributed by atoms with Crippen molar-refractivity contribution in [1.29, 1.82) is 0 Å². The van der Waals surface area contributed by atoms with Crippen LogP contribution in [0, 0.1) is 0 Å². The van der Waals surface area contributed by atoms with Gasteiger partial charge in [0.15, 0.2) is 6.54 Å². The van der Waals surface area contributed by atoms with Crippen LogP contribution in [0.25, 0.3) is 10.2 Å². The van der Waals surface area contributed by atoms with Crippen molar-refractivity contribution in [3.05, 3.63) is 28.2 Å². The van der Waals surface area contributed by atoms with E-state index >= 15 is 0 Å². The second-order valence-corrected chi connectivity index (χ2v) is 7.16. The number of benzene rings is 1. The highest BCUT2D eigenvalue weighted by Gasteiger charge is 2.20. The first kappa shape index (κ1) is 15.2. The molecule has 1 aromatic carbocycles. The van der Waals surface area contributed by atoms with Crippen LogP contribution >= 0.6 is 22.9 Å². The molecule has 2 N–H and O–H groups in total. The zero-order valence-corrected chi connectivity index (χ0v) is 12.6. The molecule has 6 nitrogen and oxygen atoms in total. The summed E-state index contributed by atoms with van der Waals surface area (Å²) >= 11 is 7.35. The molecule has 0 atom stereocenters. The monoisotopic (exact) mass is 335 g/mol. The van der Waals surface area contributed by atoms with Crippen LogP contribution in [0.4, 0.5) is 0 Å². The highest BCUT2D eigenvalue weighted by molar-refractivity contribution is 7.85. The van der Waals surface area contributed by atoms with Crippen molar-refractivity contribution in [2.45, 2.75) is 13.0 Å². The molecule has 1 heterocycles. The molecule has 0 radical (unpaired) electrons. The summed E-state index contributed by atoms with van der Waals surface area (Å²) < 4.78 is 33.0. The Labute approximate surface area is 124 Å². The molecule has 108 valence electrons. The number of aryl methyl sites for hydroxylation is 1. The van der Waals surface area contributed by atoms with E-state index in [1.54, 1.807) is 16.7 Å². The van der Waals surface area contributed by atoms with E-state index in [1.807, 2.05) is 6.07 Å². The van der Waals surface area contributed by atoms with Gasteiger partial charge in [-0.25, -0.2) is 0 Å². The molecule has 0 aliphatic heterocycles. The van der Waals surface area contributed by atoms with Crippen molar-refractivity contribution in [1.82, 2.24) is 0 Å². The molecular weight excluding hydrogens is 324 g/mol. The van der Waals surface area contributed by atoms with Gasteiger partial charge in [0, 0.05) is 17.5 Å². The minimum absolute atomic E-state index is 0.244. The zero-order chi connectivity index (χ0) is 14.8. The van der Waals surface area contributed by atoms with Crippen molar-refractivity contribution in [2.24, 2.45) is 5.16 Å². The second kappa shape index (κ2) is 6.04. The number of hydrogen-bond donors (Lipinski definition) is 2. The number of oxime groups is 1. The lowest BCUT2D eigenvalue weighted by molar-refractivity contribution is -0.667. The van der Waals surface area contributed by atoms with E-state index in [0.717, 1.165) is 10.2 Å². The number of halogens is 1. The molecule has 0 amide bonds. The third-order valence-electron chi connectivity index (χ3n) is 2.64. The number of thiazole rings is 1. The normalized spacial score (nSPS) is 12.5. The average molecular weight is 336 g/mol. The van der Waals surface area contributed by atoms with E-state index < -0.39 is 10.1 Å². The molecule has 0 saturated heterocycles. The van der Waals surface area contributed by atoms with Gasteiger partial charge < -0.3 is 5.21 Å². The van der Waals surface area contributed by atoms with Gasteiger partial charge in [-0.1, -0.05) is 28.1 Å². The van der Waals surface area contributed by atoms with Crippen molar-refractivity contribution in [3.8, 4) is 0 Å². The van der Waals surface area contributed by atoms with E-state index in [2.05, 4.69) is 5.16 Å². The van der Waals surface area contributed by atoms with E-state index in [0.29, 0.717) is 16.6 Å². The van der Waals surface area contributed by atoms with Gasteiger partial charge in [0.1, 0.15) is 10.9 Å². The van der Waals surface area contributed by atoms with Crippen molar-refractivity contribution >= 4 is 49.5 Å². The highest BCUT2D eigenvalue weighted by Crippen LogP contribution is 2.23. The number of aromatic nitrogens is 1. The minimum atomic E-state index is -3.98. The molecule has 0 spiro atoms. The van der Waals surface area contributed by atoms with Gasteiger partial charge in [-0.3, -0.25) is 4.55 Å². The summed E-state index contributed by atoms with van der Waals surface area (Å²) in [4.78, 5) is 0. The van der Waals surface area contributed by atoms with Gasteiger partial charge in [0.25, 0.3) is 15.1 Å². The Morgan fingerprint density at radius 3 is 2.85 bits per heavy atom. The summed E-state index contributed by atoms with van der Waals surface area (Å²) in [6.45, 7) is 0.363. The first-order chi connectivity index (χ1) is 9.40. The Morgan fingerprint density at radius 1 is 1.45 bits per heavy atom. The fourth-order valence-electron chi connectivity index (χ4n) is 1.86. The molecule has 2 rings (SSSR count). The predicted molar refractivity (Wildman–Crippen MR) is 77.4 cm³/mol. The lowest BCUT2D eigenvalue weighted by atomic mass is 10.3. The maximum Gasteiger partial charge on any atom is 0.284 e. The van der Waals surface area contributed by atoms with Gasteiger partial charge in [-0.2, -0.15) is 13.0 Å². The summed E-state index contributed by atoms with van der Waals surface area (Å²) in [6, 6.07) is 5.36. The van der Waals surface area contributed by atoms with Crippen LogP contribution in [-0.2, 0) is 16.7 Å². The maximum absolute atomic E-state index is 10.7. The van der Waals surface area contributed by atoms with Gasteiger partial charge >= 0.3 is 0 Å². The van der Waals surface area contributed by atoms with Gasteiger partial charge in [0.2, 0.25) is 5.52 Å². The smallest absolute Gasteiger partial charge is 0.284 e. The number of hydrogen-bond acceptors (Lipinski definition) is 5. The number of fused-ring (bicyclic) bond motifs is 1. The van der Waals surface area contributed by atoms with Crippen LogP contribution in [0.15, 0.2) is 23.4 Å². The van der Waals surface area contributed by atoms with Crippen LogP contribution < -0.4 is 4.57 Å². The van der Waals surface area contributed by atoms with Crippen molar-refractivity contribution in [2.75, 3.05) is 5.75 Å². The molecule has 0 saturated carbocycles. The Bertz CT molecular complexity index is 755. The number of nitrogens with zero attached hydrogens (tertiary/aromatic N) is 2. The average Bonchev–Trinajstić information content (AvgIpc) is 2.66. The van der Waals surface area contributed by atoms with Crippen LogP contribution in [0.3, 0.4) is 0 Å². The SMILES string of the molecule is O=S(=O)(O)CCC[n+]1c(C=NO)sc2ccc(Cl)cc21. The lowest BCUT2D eigenvalue weighted by Crippen LogP contribution is -2.37. The standard InChI is InChI=1S/C11H11ClN2O4S2/c12-8-2-3-10-9(6-8)14(11(19-10)7-13-15)4-1-5-20(16,17)18/h2-3,6-7H,1,4-5H2,(H,16,17,18)/p+1. The Balaban J connectivity index is 2.37. The summed E-state index contributed by atoms with van der Waals surface area (Å²) in [5.74, 6) is -0.326. The van der Waals surface area contributed by atoms with E-state index in [4.69, 9.17) is 21.4 Å². The van der Waals surface area contributed by atoms with Crippen LogP contribution in [0.1, 0.15) is 11.4 Å². The molecule has 0 unspecified atom stereocenters. The van der Waals surface area contributed by atoms with Crippen LogP contribution in [-0.4, -0.2) is 30.1 Å². The third-order valence-corrected chi connectivity index (χ3v) is 4.78. The fourth-order valence-corrected chi connectivity index (χ4v) is 3.55. The highest BCUT2D eigenvalue weighted by atomic mass is 35.5. The largest absolute Gasteiger partial charge is 0.411 e. The quantitative estimate of drug-likeness (QED) is 0.287. The Kier molecular flexibility index (Phi) is 4.59. The molecular formula is C11H12ClN2O4S2+. The predicted octanol–water partition coefficient (Wildman–Crippen LogP) is 1.93. The topological polar surface area (TPSA) is 90.8 Å². The van der Waals surface area contributed by atoms with Crippen LogP contribution in [0.5, 0.6) is 0 Å². The molecule has 1 aromatic heterocycles. The summed E-state index contributed by atoms with van der Waals surface area (Å²) in [5.41, 5.74) is 0.827. The fraction of sp³-hybridized carbons (Fsp3) is 0.273. The van der Waals surface area contributed by atoms with E-state index in [-0.39, 0.29) is 12.2 Å². The second-order valence-electron chi connectivity index (χ2n) is 4.09. The summed E-state index contributed by atoms with van der Waals surface area (Å²) in [5, 5.41) is 12.9. The van der Waals surface area contributed by atoms with Crippen molar-refractivity contribution < 1.29 is 22.7 Å². The first-order valence-electron chi connectivity index (χ1n) is 5.65. The molecule has 0 fully saturated rings. The molecule has 20 heavy (non-hydrogen) atoms. The Hall–Kier alpha value is -1.22. The summed E-state index contributed by atoms with van der Waals surface area (Å²) in [6.07, 6.45) is 1.53.